The van der Waals surface area contributed by atoms with Gasteiger partial charge >= 0.3 is 0 Å². The molecule has 0 spiro atoms. The molecule has 0 bridgehead atoms. The van der Waals surface area contributed by atoms with Gasteiger partial charge in [-0.15, -0.1) is 0 Å². The molecule has 0 radical (unpaired) electrons. The predicted octanol–water partition coefficient (Wildman–Crippen LogP) is 1.63. The molecule has 0 heterocycles. The van der Waals surface area contributed by atoms with Gasteiger partial charge in [-0.05, 0) is 5.75 Å². The van der Waals surface area contributed by atoms with E-state index in [1.54, 1.807) is 0 Å². The van der Waals surface area contributed by atoms with E-state index in [2.05, 4.69) is 13.5 Å². The average Bonchev–Trinajstić information content (AvgIpc) is 1.61. The summed E-state index contributed by atoms with van der Waals surface area (Å²) in [5, 5.41) is 0. The maximum Gasteiger partial charge on any atom is 0.0972 e. The van der Waals surface area contributed by atoms with E-state index >= 15 is 0 Å². The first kappa shape index (κ1) is 6.92. The Hall–Kier alpha value is -0.0800. The molecule has 0 amide bonds. The second-order valence-corrected chi connectivity index (χ2v) is 1.97. The van der Waals surface area contributed by atoms with Crippen molar-refractivity contribution in [1.82, 2.24) is 0 Å². The minimum atomic E-state index is 0.579. The molecule has 0 N–H and O–H groups in total. The summed E-state index contributed by atoms with van der Waals surface area (Å²) in [6, 6.07) is 0. The van der Waals surface area contributed by atoms with Crippen LogP contribution in [0.15, 0.2) is 12.2 Å². The lowest BCUT2D eigenvalue weighted by molar-refractivity contribution is 0.618. The first-order chi connectivity index (χ1) is 3.27. The normalized spacial score (nSPS) is 8.71. The van der Waals surface area contributed by atoms with Gasteiger partial charge in [0, 0.05) is 19.9 Å². The topological polar surface area (TPSA) is 23.1 Å². The van der Waals surface area contributed by atoms with Crippen LogP contribution in [0.5, 0.6) is 0 Å². The van der Waals surface area contributed by atoms with Gasteiger partial charge < -0.3 is 4.55 Å². The van der Waals surface area contributed by atoms with Crippen LogP contribution in [0.3, 0.4) is 0 Å². The zero-order valence-electron chi connectivity index (χ0n) is 4.14. The number of hydrogen-bond acceptors (Lipinski definition) is 2. The fourth-order valence-corrected chi connectivity index (χ4v) is 0.558. The third-order valence-electron chi connectivity index (χ3n) is 0.539. The van der Waals surface area contributed by atoms with Gasteiger partial charge in [-0.2, -0.15) is 0 Å². The molecule has 0 aromatic rings. The quantitative estimate of drug-likeness (QED) is 0.413. The Morgan fingerprint density at radius 2 is 2.43 bits per heavy atom. The van der Waals surface area contributed by atoms with Gasteiger partial charge in [-0.1, -0.05) is 0 Å². The van der Waals surface area contributed by atoms with E-state index in [4.69, 9.17) is 0 Å². The van der Waals surface area contributed by atoms with Gasteiger partial charge in [-0.3, -0.25) is 12.0 Å². The van der Waals surface area contributed by atoms with E-state index in [-0.39, 0.29) is 0 Å². The molecule has 0 aromatic carbocycles. The van der Waals surface area contributed by atoms with Gasteiger partial charge in [0.2, 0.25) is 0 Å². The van der Waals surface area contributed by atoms with Gasteiger partial charge in [0.05, 0.1) is 5.57 Å². The van der Waals surface area contributed by atoms with Crippen LogP contribution in [0.4, 0.5) is 0 Å². The molecule has 0 aromatic heterocycles. The van der Waals surface area contributed by atoms with Crippen molar-refractivity contribution in [1.29, 1.82) is 0 Å². The first-order valence-corrected chi connectivity index (χ1v) is 2.93. The summed E-state index contributed by atoms with van der Waals surface area (Å²) in [7, 11) is 0. The zero-order chi connectivity index (χ0) is 5.70. The Labute approximate surface area is 48.6 Å². The number of rotatable bonds is 3. The van der Waals surface area contributed by atoms with Crippen LogP contribution >= 0.6 is 12.0 Å². The van der Waals surface area contributed by atoms with Gasteiger partial charge in [0.1, 0.15) is 0 Å². The zero-order valence-corrected chi connectivity index (χ0v) is 4.96. The second kappa shape index (κ2) is 4.09. The smallest absolute Gasteiger partial charge is 0.0972 e. The van der Waals surface area contributed by atoms with Gasteiger partial charge in [0.25, 0.3) is 0 Å². The molecule has 0 aliphatic heterocycles. The molecule has 0 rings (SSSR count). The molecule has 0 unspecified atom stereocenters. The standard InChI is InChI=1S/C5H8OS/c1-5(2)3-4-7-6/h1-4H2. The van der Waals surface area contributed by atoms with E-state index in [0.29, 0.717) is 17.8 Å². The minimum Gasteiger partial charge on any atom is -0.799 e. The Bertz CT molecular complexity index is 61.1. The summed E-state index contributed by atoms with van der Waals surface area (Å²) in [5.41, 5.74) is 0.836. The van der Waals surface area contributed by atoms with E-state index in [1.165, 1.54) is 0 Å². The summed E-state index contributed by atoms with van der Waals surface area (Å²) in [5.74, 6) is 0.600. The Kier molecular flexibility index (Phi) is 4.04. The van der Waals surface area contributed by atoms with Crippen molar-refractivity contribution in [3.63, 3.8) is 0 Å². The van der Waals surface area contributed by atoms with Crippen LogP contribution < -0.4 is 0 Å². The average molecular weight is 116 g/mol. The second-order valence-electron chi connectivity index (χ2n) is 1.32. The van der Waals surface area contributed by atoms with Crippen LogP contribution in [0, 0.1) is 6.92 Å². The Morgan fingerprint density at radius 1 is 1.86 bits per heavy atom. The first-order valence-electron chi connectivity index (χ1n) is 2.02. The van der Waals surface area contributed by atoms with Crippen molar-refractivity contribution >= 4 is 12.0 Å². The fraction of sp³-hybridized carbons (Fsp3) is 0.400. The molecule has 7 heavy (non-hydrogen) atoms. The highest BCUT2D eigenvalue weighted by molar-refractivity contribution is 7.93. The van der Waals surface area contributed by atoms with Crippen LogP contribution in [0.25, 0.3) is 0 Å². The summed E-state index contributed by atoms with van der Waals surface area (Å²) in [6.07, 6.45) is 0.744. The van der Waals surface area contributed by atoms with Crippen molar-refractivity contribution in [3.05, 3.63) is 19.1 Å². The highest BCUT2D eigenvalue weighted by atomic mass is 32.2. The SMILES string of the molecule is C=C([CH2+])CCS[O-]. The Balaban J connectivity index is 2.82. The number of allylic oxidation sites excluding steroid dienone is 1. The van der Waals surface area contributed by atoms with Crippen molar-refractivity contribution < 1.29 is 4.55 Å². The van der Waals surface area contributed by atoms with Crippen LogP contribution in [0.2, 0.25) is 0 Å². The highest BCUT2D eigenvalue weighted by Crippen LogP contribution is 2.00. The van der Waals surface area contributed by atoms with E-state index in [1.807, 2.05) is 0 Å². The number of hydrogen-bond donors (Lipinski definition) is 0. The molecule has 0 fully saturated rings. The molecule has 0 aliphatic carbocycles. The molecular weight excluding hydrogens is 108 g/mol. The predicted molar refractivity (Wildman–Crippen MR) is 32.3 cm³/mol. The third kappa shape index (κ3) is 5.92. The van der Waals surface area contributed by atoms with E-state index in [9.17, 15) is 4.55 Å². The molecular formula is C5H8OS. The molecule has 0 saturated carbocycles. The molecule has 40 valence electrons. The molecule has 0 saturated heterocycles. The van der Waals surface area contributed by atoms with E-state index in [0.717, 1.165) is 12.0 Å². The maximum absolute atomic E-state index is 9.68. The largest absolute Gasteiger partial charge is 0.799 e. The van der Waals surface area contributed by atoms with Crippen molar-refractivity contribution in [2.75, 3.05) is 5.75 Å². The molecule has 2 heteroatoms. The minimum absolute atomic E-state index is 0.579. The van der Waals surface area contributed by atoms with Crippen LogP contribution in [-0.2, 0) is 0 Å². The summed E-state index contributed by atoms with van der Waals surface area (Å²) >= 11 is 0.579. The summed E-state index contributed by atoms with van der Waals surface area (Å²) in [4.78, 5) is 0. The third-order valence-corrected chi connectivity index (χ3v) is 0.910. The summed E-state index contributed by atoms with van der Waals surface area (Å²) < 4.78 is 9.68. The van der Waals surface area contributed by atoms with Crippen molar-refractivity contribution in [2.24, 2.45) is 0 Å². The summed E-state index contributed by atoms with van der Waals surface area (Å²) in [6.45, 7) is 7.06. The van der Waals surface area contributed by atoms with Crippen LogP contribution in [0.1, 0.15) is 6.42 Å². The van der Waals surface area contributed by atoms with Gasteiger partial charge in [-0.25, -0.2) is 0 Å². The molecule has 0 atom stereocenters. The highest BCUT2D eigenvalue weighted by Gasteiger charge is 1.86. The lowest BCUT2D eigenvalue weighted by Gasteiger charge is -1.98. The lowest BCUT2D eigenvalue weighted by Crippen LogP contribution is -1.77. The molecule has 1 nitrogen and oxygen atoms in total. The lowest BCUT2D eigenvalue weighted by atomic mass is 10.3. The maximum atomic E-state index is 9.68. The van der Waals surface area contributed by atoms with Crippen molar-refractivity contribution in [2.45, 2.75) is 6.42 Å². The monoisotopic (exact) mass is 116 g/mol. The van der Waals surface area contributed by atoms with E-state index < -0.39 is 0 Å². The Morgan fingerprint density at radius 3 is 2.57 bits per heavy atom. The molecule has 0 aliphatic rings. The van der Waals surface area contributed by atoms with Crippen molar-refractivity contribution in [3.8, 4) is 0 Å². The van der Waals surface area contributed by atoms with Crippen LogP contribution in [-0.4, -0.2) is 10.3 Å². The fourth-order valence-electron chi connectivity index (χ4n) is 0.186. The van der Waals surface area contributed by atoms with Gasteiger partial charge in [0.15, 0.2) is 0 Å².